The highest BCUT2D eigenvalue weighted by Gasteiger charge is 2.25. The van der Waals surface area contributed by atoms with Crippen molar-refractivity contribution in [1.29, 1.82) is 0 Å². The molecule has 2 aromatic carbocycles. The smallest absolute Gasteiger partial charge is 0.109 e. The number of nitrogens with one attached hydrogen (secondary N) is 1. The fourth-order valence-corrected chi connectivity index (χ4v) is 4.77. The lowest BCUT2D eigenvalue weighted by Crippen LogP contribution is -2.44. The summed E-state index contributed by atoms with van der Waals surface area (Å²) in [6.07, 6.45) is -0.0391. The van der Waals surface area contributed by atoms with Crippen molar-refractivity contribution in [2.75, 3.05) is 39.3 Å². The summed E-state index contributed by atoms with van der Waals surface area (Å²) in [5, 5.41) is 4.17. The minimum atomic E-state index is -0.0391. The van der Waals surface area contributed by atoms with Gasteiger partial charge < -0.3 is 10.1 Å². The lowest BCUT2D eigenvalue weighted by atomic mass is 9.97. The standard InChI is InChI=1S/C20H23ClN2OS/c21-16-5-6-19-18(13-16)20(17-4-2-1-3-15(17)14-25-19)24-12-11-23-9-7-22-8-10-23/h1-6,13,20,22H,7-12,14H2. The van der Waals surface area contributed by atoms with E-state index in [1.165, 1.54) is 21.6 Å². The summed E-state index contributed by atoms with van der Waals surface area (Å²) < 4.78 is 6.44. The number of hydrogen-bond donors (Lipinski definition) is 1. The molecule has 1 unspecified atom stereocenters. The molecule has 0 aliphatic carbocycles. The molecule has 0 amide bonds. The fraction of sp³-hybridized carbons (Fsp3) is 0.400. The van der Waals surface area contributed by atoms with Gasteiger partial charge in [-0.2, -0.15) is 0 Å². The normalized spacial score (nSPS) is 20.6. The first kappa shape index (κ1) is 17.4. The molecule has 2 aromatic rings. The van der Waals surface area contributed by atoms with Crippen LogP contribution in [0.15, 0.2) is 47.4 Å². The summed E-state index contributed by atoms with van der Waals surface area (Å²) in [5.41, 5.74) is 3.83. The van der Waals surface area contributed by atoms with E-state index >= 15 is 0 Å². The van der Waals surface area contributed by atoms with Crippen molar-refractivity contribution in [1.82, 2.24) is 10.2 Å². The quantitative estimate of drug-likeness (QED) is 0.875. The van der Waals surface area contributed by atoms with Gasteiger partial charge in [0.05, 0.1) is 6.61 Å². The Morgan fingerprint density at radius 1 is 1.12 bits per heavy atom. The minimum Gasteiger partial charge on any atom is -0.367 e. The van der Waals surface area contributed by atoms with Crippen LogP contribution in [0.5, 0.6) is 0 Å². The van der Waals surface area contributed by atoms with Crippen LogP contribution in [0.1, 0.15) is 22.8 Å². The average Bonchev–Trinajstić information content (AvgIpc) is 2.80. The van der Waals surface area contributed by atoms with E-state index in [0.717, 1.165) is 50.1 Å². The number of nitrogens with zero attached hydrogens (tertiary/aromatic N) is 1. The summed E-state index contributed by atoms with van der Waals surface area (Å²) in [6.45, 7) is 6.05. The summed E-state index contributed by atoms with van der Waals surface area (Å²) in [7, 11) is 0. The molecule has 0 radical (unpaired) electrons. The van der Waals surface area contributed by atoms with Gasteiger partial charge in [-0.15, -0.1) is 11.8 Å². The highest BCUT2D eigenvalue weighted by Crippen LogP contribution is 2.42. The number of thioether (sulfide) groups is 1. The summed E-state index contributed by atoms with van der Waals surface area (Å²) in [5.74, 6) is 0.975. The van der Waals surface area contributed by atoms with E-state index in [2.05, 4.69) is 46.6 Å². The Labute approximate surface area is 158 Å². The van der Waals surface area contributed by atoms with Crippen molar-refractivity contribution in [3.63, 3.8) is 0 Å². The van der Waals surface area contributed by atoms with Gasteiger partial charge in [0.1, 0.15) is 6.10 Å². The van der Waals surface area contributed by atoms with E-state index in [1.807, 2.05) is 17.8 Å². The van der Waals surface area contributed by atoms with Crippen LogP contribution in [0.2, 0.25) is 5.02 Å². The van der Waals surface area contributed by atoms with Crippen molar-refractivity contribution in [2.24, 2.45) is 0 Å². The van der Waals surface area contributed by atoms with Crippen LogP contribution in [0.3, 0.4) is 0 Å². The molecule has 0 spiro atoms. The van der Waals surface area contributed by atoms with E-state index in [0.29, 0.717) is 0 Å². The molecule has 0 aromatic heterocycles. The SMILES string of the molecule is Clc1ccc2c(c1)C(OCCN1CCNCC1)c1ccccc1CS2. The van der Waals surface area contributed by atoms with Crippen molar-refractivity contribution in [2.45, 2.75) is 16.8 Å². The van der Waals surface area contributed by atoms with Crippen LogP contribution in [0.4, 0.5) is 0 Å². The Kier molecular flexibility index (Phi) is 5.63. The molecule has 3 nitrogen and oxygen atoms in total. The number of ether oxygens (including phenoxy) is 1. The molecule has 25 heavy (non-hydrogen) atoms. The maximum Gasteiger partial charge on any atom is 0.109 e. The first-order valence-electron chi connectivity index (χ1n) is 8.86. The van der Waals surface area contributed by atoms with Gasteiger partial charge in [0.25, 0.3) is 0 Å². The minimum absolute atomic E-state index is 0.0391. The van der Waals surface area contributed by atoms with Crippen LogP contribution in [-0.2, 0) is 10.5 Å². The Balaban J connectivity index is 1.57. The van der Waals surface area contributed by atoms with E-state index < -0.39 is 0 Å². The zero-order valence-corrected chi connectivity index (χ0v) is 15.8. The maximum atomic E-state index is 6.44. The van der Waals surface area contributed by atoms with Crippen molar-refractivity contribution in [3.8, 4) is 0 Å². The third-order valence-electron chi connectivity index (χ3n) is 4.88. The Morgan fingerprint density at radius 2 is 1.96 bits per heavy atom. The van der Waals surface area contributed by atoms with Crippen LogP contribution in [0, 0.1) is 0 Å². The van der Waals surface area contributed by atoms with Gasteiger partial charge in [0, 0.05) is 54.0 Å². The van der Waals surface area contributed by atoms with Crippen molar-refractivity contribution in [3.05, 3.63) is 64.2 Å². The van der Waals surface area contributed by atoms with Gasteiger partial charge in [-0.05, 0) is 29.3 Å². The molecule has 1 fully saturated rings. The molecule has 4 rings (SSSR count). The van der Waals surface area contributed by atoms with Gasteiger partial charge in [-0.3, -0.25) is 4.90 Å². The molecular formula is C20H23ClN2OS. The van der Waals surface area contributed by atoms with E-state index in [4.69, 9.17) is 16.3 Å². The topological polar surface area (TPSA) is 24.5 Å². The molecule has 1 saturated heterocycles. The van der Waals surface area contributed by atoms with Gasteiger partial charge in [-0.1, -0.05) is 35.9 Å². The van der Waals surface area contributed by atoms with Crippen LogP contribution in [-0.4, -0.2) is 44.2 Å². The second kappa shape index (κ2) is 8.11. The van der Waals surface area contributed by atoms with Crippen LogP contribution >= 0.6 is 23.4 Å². The largest absolute Gasteiger partial charge is 0.367 e. The van der Waals surface area contributed by atoms with Gasteiger partial charge in [-0.25, -0.2) is 0 Å². The lowest BCUT2D eigenvalue weighted by molar-refractivity contribution is 0.0558. The van der Waals surface area contributed by atoms with Crippen LogP contribution in [0.25, 0.3) is 0 Å². The highest BCUT2D eigenvalue weighted by molar-refractivity contribution is 7.98. The monoisotopic (exact) mass is 374 g/mol. The zero-order chi connectivity index (χ0) is 17.1. The zero-order valence-electron chi connectivity index (χ0n) is 14.2. The Bertz CT molecular complexity index is 733. The number of benzene rings is 2. The summed E-state index contributed by atoms with van der Waals surface area (Å²) >= 11 is 8.17. The molecular weight excluding hydrogens is 352 g/mol. The Hall–Kier alpha value is -1.04. The van der Waals surface area contributed by atoms with Gasteiger partial charge in [0.15, 0.2) is 0 Å². The van der Waals surface area contributed by atoms with Crippen molar-refractivity contribution >= 4 is 23.4 Å². The number of hydrogen-bond acceptors (Lipinski definition) is 4. The number of piperazine rings is 1. The molecule has 2 aliphatic heterocycles. The molecule has 1 atom stereocenters. The van der Waals surface area contributed by atoms with Gasteiger partial charge in [0.2, 0.25) is 0 Å². The van der Waals surface area contributed by atoms with Crippen LogP contribution < -0.4 is 5.32 Å². The fourth-order valence-electron chi connectivity index (χ4n) is 3.51. The third-order valence-corrected chi connectivity index (χ3v) is 6.25. The maximum absolute atomic E-state index is 6.44. The highest BCUT2D eigenvalue weighted by atomic mass is 35.5. The average molecular weight is 375 g/mol. The molecule has 5 heteroatoms. The summed E-state index contributed by atoms with van der Waals surface area (Å²) in [6, 6.07) is 14.8. The van der Waals surface area contributed by atoms with E-state index in [-0.39, 0.29) is 6.10 Å². The molecule has 2 heterocycles. The number of fused-ring (bicyclic) bond motifs is 2. The second-order valence-electron chi connectivity index (χ2n) is 6.51. The Morgan fingerprint density at radius 3 is 2.84 bits per heavy atom. The predicted molar refractivity (Wildman–Crippen MR) is 105 cm³/mol. The lowest BCUT2D eigenvalue weighted by Gasteiger charge is -2.28. The second-order valence-corrected chi connectivity index (χ2v) is 7.97. The summed E-state index contributed by atoms with van der Waals surface area (Å²) in [4.78, 5) is 3.74. The van der Waals surface area contributed by atoms with E-state index in [1.54, 1.807) is 0 Å². The molecule has 132 valence electrons. The first-order valence-corrected chi connectivity index (χ1v) is 10.2. The first-order chi connectivity index (χ1) is 12.3. The number of halogens is 1. The molecule has 0 saturated carbocycles. The van der Waals surface area contributed by atoms with Crippen molar-refractivity contribution < 1.29 is 4.74 Å². The third kappa shape index (κ3) is 4.04. The van der Waals surface area contributed by atoms with Gasteiger partial charge >= 0.3 is 0 Å². The molecule has 1 N–H and O–H groups in total. The molecule has 2 aliphatic rings. The number of rotatable bonds is 4. The molecule has 0 bridgehead atoms. The predicted octanol–water partition coefficient (Wildman–Crippen LogP) is 3.96. The van der Waals surface area contributed by atoms with E-state index in [9.17, 15) is 0 Å².